The molecule has 3 nitrogen and oxygen atoms in total. The average molecular weight is 185 g/mol. The smallest absolute Gasteiger partial charge is 0.123 e. The molecule has 0 saturated heterocycles. The van der Waals surface area contributed by atoms with Gasteiger partial charge in [-0.05, 0) is 17.7 Å². The van der Waals surface area contributed by atoms with Gasteiger partial charge in [0.15, 0.2) is 0 Å². The molecule has 1 unspecified atom stereocenters. The lowest BCUT2D eigenvalue weighted by molar-refractivity contribution is 0.0421. The van der Waals surface area contributed by atoms with Gasteiger partial charge in [0.1, 0.15) is 24.6 Å². The minimum Gasteiger partial charge on any atom is -0.491 e. The van der Waals surface area contributed by atoms with Crippen molar-refractivity contribution in [3.05, 3.63) is 23.5 Å². The number of halogens is 1. The van der Waals surface area contributed by atoms with Gasteiger partial charge in [-0.1, -0.05) is 0 Å². The molecule has 3 atom stereocenters. The maximum atomic E-state index is 12.9. The second-order valence-corrected chi connectivity index (χ2v) is 3.37. The Morgan fingerprint density at radius 3 is 3.15 bits per heavy atom. The minimum atomic E-state index is -1.00. The molecule has 0 spiro atoms. The molecule has 0 saturated carbocycles. The predicted molar refractivity (Wildman–Crippen MR) is 45.6 cm³/mol. The van der Waals surface area contributed by atoms with Gasteiger partial charge in [0.05, 0.1) is 6.04 Å². The Labute approximate surface area is 75.7 Å². The van der Waals surface area contributed by atoms with Crippen LogP contribution in [0.25, 0.3) is 0 Å². The number of aliphatic hydroxyl groups is 1. The van der Waals surface area contributed by atoms with Crippen molar-refractivity contribution in [3.8, 4) is 0 Å². The van der Waals surface area contributed by atoms with Crippen LogP contribution in [0.4, 0.5) is 4.39 Å². The molecule has 0 bridgehead atoms. The Bertz CT molecular complexity index is 275. The molecule has 4 heteroatoms. The molecule has 13 heavy (non-hydrogen) atoms. The Hall–Kier alpha value is -0.870. The lowest BCUT2D eigenvalue weighted by Gasteiger charge is -2.31. The lowest BCUT2D eigenvalue weighted by Crippen LogP contribution is -2.44. The number of alkyl halides is 1. The summed E-state index contributed by atoms with van der Waals surface area (Å²) >= 11 is 0. The highest BCUT2D eigenvalue weighted by Crippen LogP contribution is 2.28. The first kappa shape index (κ1) is 8.72. The van der Waals surface area contributed by atoms with Gasteiger partial charge < -0.3 is 15.6 Å². The summed E-state index contributed by atoms with van der Waals surface area (Å²) in [5.74, 6) is 0.631. The average Bonchev–Trinajstić information content (AvgIpc) is 2.12. The lowest BCUT2D eigenvalue weighted by atomic mass is 9.91. The molecule has 0 aromatic carbocycles. The van der Waals surface area contributed by atoms with Crippen molar-refractivity contribution in [3.63, 3.8) is 0 Å². The first-order valence-corrected chi connectivity index (χ1v) is 4.30. The monoisotopic (exact) mass is 185 g/mol. The summed E-state index contributed by atoms with van der Waals surface area (Å²) in [5.41, 5.74) is 6.40. The molecule has 1 aliphatic heterocycles. The van der Waals surface area contributed by atoms with E-state index < -0.39 is 18.3 Å². The second-order valence-electron chi connectivity index (χ2n) is 3.37. The Kier molecular flexibility index (Phi) is 2.09. The SMILES string of the molecule is N[C@H]1C2=C(C=CC(F)C2)OC[C@H]1O. The van der Waals surface area contributed by atoms with Crippen LogP contribution in [0.5, 0.6) is 0 Å². The predicted octanol–water partition coefficient (Wildman–Crippen LogP) is 0.257. The number of aliphatic hydroxyl groups excluding tert-OH is 1. The Morgan fingerprint density at radius 1 is 1.62 bits per heavy atom. The van der Waals surface area contributed by atoms with Crippen molar-refractivity contribution < 1.29 is 14.2 Å². The van der Waals surface area contributed by atoms with Gasteiger partial charge >= 0.3 is 0 Å². The van der Waals surface area contributed by atoms with Crippen LogP contribution in [0.15, 0.2) is 23.5 Å². The molecule has 2 rings (SSSR count). The third-order valence-electron chi connectivity index (χ3n) is 2.41. The van der Waals surface area contributed by atoms with Crippen LogP contribution < -0.4 is 5.73 Å². The van der Waals surface area contributed by atoms with E-state index in [9.17, 15) is 9.50 Å². The van der Waals surface area contributed by atoms with Crippen molar-refractivity contribution in [2.45, 2.75) is 24.7 Å². The first-order chi connectivity index (χ1) is 6.18. The number of hydrogen-bond acceptors (Lipinski definition) is 3. The third-order valence-corrected chi connectivity index (χ3v) is 2.41. The van der Waals surface area contributed by atoms with Gasteiger partial charge in [-0.25, -0.2) is 4.39 Å². The number of ether oxygens (including phenoxy) is 1. The van der Waals surface area contributed by atoms with Crippen LogP contribution in [-0.2, 0) is 4.74 Å². The van der Waals surface area contributed by atoms with Crippen molar-refractivity contribution in [1.82, 2.24) is 0 Å². The molecule has 0 aromatic heterocycles. The fraction of sp³-hybridized carbons (Fsp3) is 0.556. The zero-order valence-corrected chi connectivity index (χ0v) is 7.11. The zero-order valence-electron chi connectivity index (χ0n) is 7.11. The highest BCUT2D eigenvalue weighted by Gasteiger charge is 2.31. The number of rotatable bonds is 0. The molecule has 1 aliphatic carbocycles. The number of nitrogens with two attached hydrogens (primary N) is 1. The maximum Gasteiger partial charge on any atom is 0.123 e. The van der Waals surface area contributed by atoms with Crippen LogP contribution in [-0.4, -0.2) is 30.0 Å². The van der Waals surface area contributed by atoms with Gasteiger partial charge in [-0.15, -0.1) is 0 Å². The van der Waals surface area contributed by atoms with Crippen LogP contribution in [0.2, 0.25) is 0 Å². The van der Waals surface area contributed by atoms with Crippen LogP contribution in [0.1, 0.15) is 6.42 Å². The van der Waals surface area contributed by atoms with Gasteiger partial charge in [0, 0.05) is 6.42 Å². The van der Waals surface area contributed by atoms with Crippen molar-refractivity contribution in [2.75, 3.05) is 6.61 Å². The molecular weight excluding hydrogens is 173 g/mol. The summed E-state index contributed by atoms with van der Waals surface area (Å²) in [6, 6.07) is -0.480. The summed E-state index contributed by atoms with van der Waals surface area (Å²) < 4.78 is 18.2. The molecule has 0 aromatic rings. The number of allylic oxidation sites excluding steroid dienone is 2. The van der Waals surface area contributed by atoms with Gasteiger partial charge in [0.2, 0.25) is 0 Å². The summed E-state index contributed by atoms with van der Waals surface area (Å²) in [6.07, 6.45) is 1.57. The highest BCUT2D eigenvalue weighted by molar-refractivity contribution is 5.32. The molecule has 0 radical (unpaired) electrons. The minimum absolute atomic E-state index is 0.196. The highest BCUT2D eigenvalue weighted by atomic mass is 19.1. The second kappa shape index (κ2) is 3.12. The van der Waals surface area contributed by atoms with E-state index in [4.69, 9.17) is 10.5 Å². The third kappa shape index (κ3) is 1.47. The van der Waals surface area contributed by atoms with Gasteiger partial charge in [-0.3, -0.25) is 0 Å². The summed E-state index contributed by atoms with van der Waals surface area (Å²) in [4.78, 5) is 0. The van der Waals surface area contributed by atoms with Gasteiger partial charge in [-0.2, -0.15) is 0 Å². The molecule has 0 fully saturated rings. The summed E-state index contributed by atoms with van der Waals surface area (Å²) in [7, 11) is 0. The molecule has 1 heterocycles. The van der Waals surface area contributed by atoms with E-state index in [0.717, 1.165) is 0 Å². The van der Waals surface area contributed by atoms with Crippen molar-refractivity contribution in [2.24, 2.45) is 5.73 Å². The van der Waals surface area contributed by atoms with Crippen LogP contribution in [0, 0.1) is 0 Å². The molecule has 2 aliphatic rings. The van der Waals surface area contributed by atoms with E-state index in [2.05, 4.69) is 0 Å². The summed E-state index contributed by atoms with van der Waals surface area (Å²) in [5, 5.41) is 9.37. The normalized spacial score (nSPS) is 38.5. The zero-order chi connectivity index (χ0) is 9.42. The maximum absolute atomic E-state index is 12.9. The Balaban J connectivity index is 2.27. The van der Waals surface area contributed by atoms with E-state index in [-0.39, 0.29) is 13.0 Å². The standard InChI is InChI=1S/C9H12FNO2/c10-5-1-2-8-6(3-5)9(11)7(12)4-13-8/h1-2,5,7,9,12H,3-4,11H2/t5?,7-,9+/m1/s1. The van der Waals surface area contributed by atoms with E-state index in [1.54, 1.807) is 6.08 Å². The van der Waals surface area contributed by atoms with E-state index in [0.29, 0.717) is 11.3 Å². The fourth-order valence-corrected chi connectivity index (χ4v) is 1.63. The largest absolute Gasteiger partial charge is 0.491 e. The Morgan fingerprint density at radius 2 is 2.38 bits per heavy atom. The number of hydrogen-bond donors (Lipinski definition) is 2. The topological polar surface area (TPSA) is 55.5 Å². The molecule has 0 amide bonds. The van der Waals surface area contributed by atoms with Crippen molar-refractivity contribution in [1.29, 1.82) is 0 Å². The van der Waals surface area contributed by atoms with E-state index in [1.807, 2.05) is 0 Å². The van der Waals surface area contributed by atoms with Crippen molar-refractivity contribution >= 4 is 0 Å². The van der Waals surface area contributed by atoms with E-state index in [1.165, 1.54) is 6.08 Å². The fourth-order valence-electron chi connectivity index (χ4n) is 1.63. The first-order valence-electron chi connectivity index (χ1n) is 4.30. The molecule has 3 N–H and O–H groups in total. The molecule has 72 valence electrons. The van der Waals surface area contributed by atoms with Crippen LogP contribution >= 0.6 is 0 Å². The van der Waals surface area contributed by atoms with Gasteiger partial charge in [0.25, 0.3) is 0 Å². The summed E-state index contributed by atoms with van der Waals surface area (Å²) in [6.45, 7) is 0.196. The quantitative estimate of drug-likeness (QED) is 0.569. The van der Waals surface area contributed by atoms with Crippen LogP contribution in [0.3, 0.4) is 0 Å². The molecular formula is C9H12FNO2. The van der Waals surface area contributed by atoms with E-state index >= 15 is 0 Å².